The van der Waals surface area contributed by atoms with Gasteiger partial charge in [0.25, 0.3) is 5.92 Å². The summed E-state index contributed by atoms with van der Waals surface area (Å²) < 4.78 is 36.8. The zero-order valence-electron chi connectivity index (χ0n) is 14.0. The summed E-state index contributed by atoms with van der Waals surface area (Å²) in [5.41, 5.74) is 0.931. The van der Waals surface area contributed by atoms with E-state index in [4.69, 9.17) is 9.47 Å². The first kappa shape index (κ1) is 18.8. The summed E-state index contributed by atoms with van der Waals surface area (Å²) in [6.07, 6.45) is -0.0620. The van der Waals surface area contributed by atoms with Gasteiger partial charge in [-0.05, 0) is 18.9 Å². The molecule has 4 nitrogen and oxygen atoms in total. The van der Waals surface area contributed by atoms with Crippen molar-refractivity contribution in [2.75, 3.05) is 26.2 Å². The van der Waals surface area contributed by atoms with Gasteiger partial charge in [0.2, 0.25) is 0 Å². The van der Waals surface area contributed by atoms with Gasteiger partial charge >= 0.3 is 5.97 Å². The van der Waals surface area contributed by atoms with E-state index in [1.54, 1.807) is 6.92 Å². The van der Waals surface area contributed by atoms with E-state index in [1.165, 1.54) is 0 Å². The molecule has 6 heteroatoms. The molecule has 0 spiro atoms. The number of carbonyl (C=O) groups is 1. The van der Waals surface area contributed by atoms with Gasteiger partial charge < -0.3 is 14.4 Å². The molecule has 1 saturated heterocycles. The van der Waals surface area contributed by atoms with Crippen LogP contribution in [0.3, 0.4) is 0 Å². The average molecular weight is 341 g/mol. The van der Waals surface area contributed by atoms with E-state index in [2.05, 4.69) is 0 Å². The first-order valence-corrected chi connectivity index (χ1v) is 8.39. The van der Waals surface area contributed by atoms with Crippen LogP contribution in [0.25, 0.3) is 0 Å². The van der Waals surface area contributed by atoms with E-state index >= 15 is 0 Å². The highest BCUT2D eigenvalue weighted by atomic mass is 19.3. The third kappa shape index (κ3) is 6.53. The standard InChI is InChI=1S/C18H25F2NO3/c1-15(17(22)24-14-16-6-3-2-4-7-16)23-13-5-10-21-11-8-18(19,20)9-12-21/h2-4,6-7,15H,5,8-14H2,1H3. The molecule has 0 bridgehead atoms. The van der Waals surface area contributed by atoms with Gasteiger partial charge in [-0.15, -0.1) is 0 Å². The maximum atomic E-state index is 13.1. The number of likely N-dealkylation sites (tertiary alicyclic amines) is 1. The topological polar surface area (TPSA) is 38.8 Å². The number of hydrogen-bond donors (Lipinski definition) is 0. The van der Waals surface area contributed by atoms with Gasteiger partial charge in [-0.3, -0.25) is 0 Å². The fraction of sp³-hybridized carbons (Fsp3) is 0.611. The van der Waals surface area contributed by atoms with Crippen molar-refractivity contribution in [3.63, 3.8) is 0 Å². The fourth-order valence-corrected chi connectivity index (χ4v) is 2.57. The van der Waals surface area contributed by atoms with Crippen molar-refractivity contribution in [1.82, 2.24) is 4.90 Å². The summed E-state index contributed by atoms with van der Waals surface area (Å²) in [5.74, 6) is -2.90. The molecule has 1 unspecified atom stereocenters. The number of alkyl halides is 2. The number of hydrogen-bond acceptors (Lipinski definition) is 4. The molecule has 1 aromatic carbocycles. The number of esters is 1. The van der Waals surface area contributed by atoms with Crippen LogP contribution in [0.2, 0.25) is 0 Å². The van der Waals surface area contributed by atoms with Crippen LogP contribution >= 0.6 is 0 Å². The first-order valence-electron chi connectivity index (χ1n) is 8.39. The summed E-state index contributed by atoms with van der Waals surface area (Å²) in [5, 5.41) is 0. The Morgan fingerprint density at radius 2 is 1.92 bits per heavy atom. The summed E-state index contributed by atoms with van der Waals surface area (Å²) in [6, 6.07) is 9.46. The lowest BCUT2D eigenvalue weighted by Crippen LogP contribution is -2.40. The highest BCUT2D eigenvalue weighted by Gasteiger charge is 2.33. The number of halogens is 2. The van der Waals surface area contributed by atoms with Gasteiger partial charge in [-0.2, -0.15) is 0 Å². The van der Waals surface area contributed by atoms with E-state index < -0.39 is 18.0 Å². The lowest BCUT2D eigenvalue weighted by molar-refractivity contribution is -0.157. The number of rotatable bonds is 8. The Kier molecular flexibility index (Phi) is 7.12. The van der Waals surface area contributed by atoms with Crippen LogP contribution < -0.4 is 0 Å². The molecule has 24 heavy (non-hydrogen) atoms. The minimum absolute atomic E-state index is 0.0733. The summed E-state index contributed by atoms with van der Waals surface area (Å²) in [4.78, 5) is 13.9. The fourth-order valence-electron chi connectivity index (χ4n) is 2.57. The second kappa shape index (κ2) is 9.08. The molecule has 0 N–H and O–H groups in total. The molecular weight excluding hydrogens is 316 g/mol. The Morgan fingerprint density at radius 3 is 2.58 bits per heavy atom. The molecule has 1 aliphatic heterocycles. The molecule has 1 atom stereocenters. The number of piperidine rings is 1. The molecular formula is C18H25F2NO3. The maximum absolute atomic E-state index is 13.1. The Bertz CT molecular complexity index is 500. The van der Waals surface area contributed by atoms with Gasteiger partial charge in [0.1, 0.15) is 6.61 Å². The molecule has 134 valence electrons. The molecule has 0 saturated carbocycles. The molecule has 1 aliphatic rings. The maximum Gasteiger partial charge on any atom is 0.335 e. The zero-order chi connectivity index (χ0) is 17.4. The van der Waals surface area contributed by atoms with Crippen molar-refractivity contribution < 1.29 is 23.0 Å². The minimum atomic E-state index is -2.51. The molecule has 1 aromatic rings. The number of nitrogens with zero attached hydrogens (tertiary/aromatic N) is 1. The molecule has 0 aromatic heterocycles. The smallest absolute Gasteiger partial charge is 0.335 e. The predicted molar refractivity (Wildman–Crippen MR) is 86.9 cm³/mol. The Morgan fingerprint density at radius 1 is 1.25 bits per heavy atom. The van der Waals surface area contributed by atoms with Crippen molar-refractivity contribution in [3.05, 3.63) is 35.9 Å². The normalized spacial score (nSPS) is 19.0. The quantitative estimate of drug-likeness (QED) is 0.537. The van der Waals surface area contributed by atoms with Crippen molar-refractivity contribution >= 4 is 5.97 Å². The van der Waals surface area contributed by atoms with Crippen LogP contribution in [0.5, 0.6) is 0 Å². The Balaban J connectivity index is 1.56. The van der Waals surface area contributed by atoms with Gasteiger partial charge in [0.05, 0.1) is 0 Å². The van der Waals surface area contributed by atoms with E-state index in [1.807, 2.05) is 35.2 Å². The van der Waals surface area contributed by atoms with Crippen LogP contribution in [0.1, 0.15) is 31.7 Å². The Labute approximate surface area is 141 Å². The van der Waals surface area contributed by atoms with Gasteiger partial charge in [0.15, 0.2) is 6.10 Å². The van der Waals surface area contributed by atoms with Gasteiger partial charge in [0, 0.05) is 39.1 Å². The first-order chi connectivity index (χ1) is 11.5. The van der Waals surface area contributed by atoms with Crippen molar-refractivity contribution in [2.24, 2.45) is 0 Å². The molecule has 0 amide bonds. The van der Waals surface area contributed by atoms with E-state index in [-0.39, 0.29) is 19.4 Å². The molecule has 1 heterocycles. The Hall–Kier alpha value is -1.53. The van der Waals surface area contributed by atoms with Crippen LogP contribution in [-0.2, 0) is 20.9 Å². The molecule has 0 aliphatic carbocycles. The third-order valence-electron chi connectivity index (χ3n) is 4.13. The van der Waals surface area contributed by atoms with Crippen molar-refractivity contribution in [2.45, 2.75) is 44.8 Å². The number of ether oxygens (including phenoxy) is 2. The van der Waals surface area contributed by atoms with E-state index in [0.29, 0.717) is 32.7 Å². The lowest BCUT2D eigenvalue weighted by Gasteiger charge is -2.31. The molecule has 1 fully saturated rings. The second-order valence-corrected chi connectivity index (χ2v) is 6.16. The zero-order valence-corrected chi connectivity index (χ0v) is 14.0. The minimum Gasteiger partial charge on any atom is -0.459 e. The average Bonchev–Trinajstić information content (AvgIpc) is 2.58. The molecule has 2 rings (SSSR count). The third-order valence-corrected chi connectivity index (χ3v) is 4.13. The number of benzene rings is 1. The van der Waals surface area contributed by atoms with Crippen molar-refractivity contribution in [3.8, 4) is 0 Å². The van der Waals surface area contributed by atoms with Crippen LogP contribution in [0.15, 0.2) is 30.3 Å². The highest BCUT2D eigenvalue weighted by Crippen LogP contribution is 2.27. The summed E-state index contributed by atoms with van der Waals surface area (Å²) in [7, 11) is 0. The lowest BCUT2D eigenvalue weighted by atomic mass is 10.1. The predicted octanol–water partition coefficient (Wildman–Crippen LogP) is 3.26. The van der Waals surface area contributed by atoms with Crippen LogP contribution in [0.4, 0.5) is 8.78 Å². The van der Waals surface area contributed by atoms with Crippen LogP contribution in [-0.4, -0.2) is 49.1 Å². The molecule has 0 radical (unpaired) electrons. The van der Waals surface area contributed by atoms with Gasteiger partial charge in [-0.25, -0.2) is 13.6 Å². The van der Waals surface area contributed by atoms with Gasteiger partial charge in [-0.1, -0.05) is 30.3 Å². The van der Waals surface area contributed by atoms with E-state index in [9.17, 15) is 13.6 Å². The largest absolute Gasteiger partial charge is 0.459 e. The summed E-state index contributed by atoms with van der Waals surface area (Å²) in [6.45, 7) is 3.85. The van der Waals surface area contributed by atoms with Crippen LogP contribution in [0, 0.1) is 0 Å². The highest BCUT2D eigenvalue weighted by molar-refractivity contribution is 5.74. The van der Waals surface area contributed by atoms with Crippen molar-refractivity contribution in [1.29, 1.82) is 0 Å². The second-order valence-electron chi connectivity index (χ2n) is 6.16. The SMILES string of the molecule is CC(OCCCN1CCC(F)(F)CC1)C(=O)OCc1ccccc1. The summed E-state index contributed by atoms with van der Waals surface area (Å²) >= 11 is 0. The monoisotopic (exact) mass is 341 g/mol. The van der Waals surface area contributed by atoms with E-state index in [0.717, 1.165) is 5.56 Å². The number of carbonyl (C=O) groups excluding carboxylic acids is 1.